The zero-order valence-electron chi connectivity index (χ0n) is 12.8. The van der Waals surface area contributed by atoms with Crippen molar-refractivity contribution in [3.05, 3.63) is 50.5 Å². The number of benzene rings is 1. The molecule has 0 aliphatic rings. The summed E-state index contributed by atoms with van der Waals surface area (Å²) < 4.78 is 0. The van der Waals surface area contributed by atoms with Crippen molar-refractivity contribution in [1.82, 2.24) is 9.97 Å². The van der Waals surface area contributed by atoms with Crippen LogP contribution in [0.1, 0.15) is 21.5 Å². The van der Waals surface area contributed by atoms with Crippen LogP contribution in [0.15, 0.2) is 23.3 Å². The van der Waals surface area contributed by atoms with Gasteiger partial charge in [0.2, 0.25) is 0 Å². The van der Waals surface area contributed by atoms with Crippen LogP contribution in [0, 0.1) is 13.8 Å². The smallest absolute Gasteiger partial charge is 0.276 e. The maximum Gasteiger partial charge on any atom is 0.276 e. The molecule has 116 valence electrons. The highest BCUT2D eigenvalue weighted by atomic mass is 35.5. The first-order valence-corrected chi connectivity index (χ1v) is 7.02. The first kappa shape index (κ1) is 16.0. The summed E-state index contributed by atoms with van der Waals surface area (Å²) in [5, 5.41) is 2.93. The molecule has 0 aliphatic heterocycles. The number of aromatic amines is 1. The van der Waals surface area contributed by atoms with Gasteiger partial charge in [-0.05, 0) is 37.1 Å². The number of rotatable bonds is 3. The molecule has 1 amide bonds. The van der Waals surface area contributed by atoms with Gasteiger partial charge in [0, 0.05) is 14.1 Å². The van der Waals surface area contributed by atoms with Crippen LogP contribution in [0.4, 0.5) is 11.5 Å². The van der Waals surface area contributed by atoms with Crippen molar-refractivity contribution in [1.29, 1.82) is 0 Å². The molecule has 2 aromatic rings. The van der Waals surface area contributed by atoms with E-state index in [1.165, 1.54) is 6.33 Å². The minimum Gasteiger partial charge on any atom is -0.361 e. The van der Waals surface area contributed by atoms with Gasteiger partial charge in [-0.3, -0.25) is 9.59 Å². The Balaban J connectivity index is 2.42. The number of aryl methyl sites for hydroxylation is 2. The van der Waals surface area contributed by atoms with Gasteiger partial charge in [-0.25, -0.2) is 4.98 Å². The average Bonchev–Trinajstić information content (AvgIpc) is 2.44. The average molecular weight is 321 g/mol. The molecule has 0 bridgehead atoms. The van der Waals surface area contributed by atoms with Crippen LogP contribution >= 0.6 is 11.6 Å². The lowest BCUT2D eigenvalue weighted by atomic mass is 10.1. The molecule has 0 unspecified atom stereocenters. The number of halogens is 1. The summed E-state index contributed by atoms with van der Waals surface area (Å²) in [6, 6.07) is 3.43. The van der Waals surface area contributed by atoms with Crippen LogP contribution in [0.2, 0.25) is 5.02 Å². The quantitative estimate of drug-likeness (QED) is 0.910. The predicted octanol–water partition coefficient (Wildman–Crippen LogP) is 2.36. The summed E-state index contributed by atoms with van der Waals surface area (Å²) in [4.78, 5) is 32.5. The number of aromatic nitrogens is 2. The highest BCUT2D eigenvalue weighted by molar-refractivity contribution is 6.34. The lowest BCUT2D eigenvalue weighted by Crippen LogP contribution is -2.25. The number of H-pyrrole nitrogens is 1. The Labute approximate surface area is 133 Å². The van der Waals surface area contributed by atoms with Crippen molar-refractivity contribution in [2.24, 2.45) is 0 Å². The predicted molar refractivity (Wildman–Crippen MR) is 88.1 cm³/mol. The number of nitrogens with one attached hydrogen (secondary N) is 2. The van der Waals surface area contributed by atoms with Crippen LogP contribution in [-0.2, 0) is 0 Å². The largest absolute Gasteiger partial charge is 0.361 e. The van der Waals surface area contributed by atoms with Crippen LogP contribution in [0.3, 0.4) is 0 Å². The molecule has 2 rings (SSSR count). The highest BCUT2D eigenvalue weighted by Gasteiger charge is 2.17. The van der Waals surface area contributed by atoms with Crippen LogP contribution in [0.25, 0.3) is 0 Å². The van der Waals surface area contributed by atoms with Crippen molar-refractivity contribution in [3.8, 4) is 0 Å². The molecule has 1 aromatic heterocycles. The van der Waals surface area contributed by atoms with Crippen LogP contribution in [0.5, 0.6) is 0 Å². The monoisotopic (exact) mass is 320 g/mol. The third-order valence-electron chi connectivity index (χ3n) is 3.32. The standard InChI is InChI=1S/C15H17ClN4O2/c1-8-5-10(11(16)6-9(8)2)14(21)19-12-13(20(3)4)17-7-18-15(12)22/h5-7H,1-4H3,(H,19,21)(H,17,18,22). The van der Waals surface area contributed by atoms with Gasteiger partial charge in [-0.15, -0.1) is 0 Å². The summed E-state index contributed by atoms with van der Waals surface area (Å²) in [5.41, 5.74) is 1.92. The second-order valence-corrected chi connectivity index (χ2v) is 5.60. The normalized spacial score (nSPS) is 10.4. The van der Waals surface area contributed by atoms with Gasteiger partial charge in [0.1, 0.15) is 0 Å². The number of nitrogens with zero attached hydrogens (tertiary/aromatic N) is 2. The number of anilines is 2. The van der Waals surface area contributed by atoms with Gasteiger partial charge in [0.05, 0.1) is 16.9 Å². The number of hydrogen-bond donors (Lipinski definition) is 2. The van der Waals surface area contributed by atoms with E-state index in [1.54, 1.807) is 31.1 Å². The number of carbonyl (C=O) groups excluding carboxylic acids is 1. The molecule has 0 saturated heterocycles. The number of amides is 1. The molecule has 0 atom stereocenters. The first-order valence-electron chi connectivity index (χ1n) is 6.64. The van der Waals surface area contributed by atoms with Crippen molar-refractivity contribution < 1.29 is 4.79 Å². The van der Waals surface area contributed by atoms with Gasteiger partial charge in [-0.2, -0.15) is 0 Å². The Morgan fingerprint density at radius 2 is 1.91 bits per heavy atom. The Hall–Kier alpha value is -2.34. The van der Waals surface area contributed by atoms with Crippen LogP contribution in [-0.4, -0.2) is 30.0 Å². The molecule has 2 N–H and O–H groups in total. The molecular formula is C15H17ClN4O2. The third-order valence-corrected chi connectivity index (χ3v) is 3.64. The molecule has 0 aliphatic carbocycles. The summed E-state index contributed by atoms with van der Waals surface area (Å²) in [7, 11) is 3.47. The third kappa shape index (κ3) is 3.12. The molecule has 0 saturated carbocycles. The lowest BCUT2D eigenvalue weighted by Gasteiger charge is -2.16. The minimum absolute atomic E-state index is 0.0896. The van der Waals surface area contributed by atoms with E-state index in [1.807, 2.05) is 13.8 Å². The summed E-state index contributed by atoms with van der Waals surface area (Å²) in [6.07, 6.45) is 1.29. The van der Waals surface area contributed by atoms with Gasteiger partial charge in [0.15, 0.2) is 11.5 Å². The second kappa shape index (κ2) is 6.19. The Kier molecular flexibility index (Phi) is 4.51. The summed E-state index contributed by atoms with van der Waals surface area (Å²) in [5.74, 6) is -0.0771. The van der Waals surface area contributed by atoms with Crippen molar-refractivity contribution in [2.75, 3.05) is 24.3 Å². The topological polar surface area (TPSA) is 78.1 Å². The summed E-state index contributed by atoms with van der Waals surface area (Å²) in [6.45, 7) is 3.81. The van der Waals surface area contributed by atoms with E-state index >= 15 is 0 Å². The van der Waals surface area contributed by atoms with Crippen molar-refractivity contribution in [3.63, 3.8) is 0 Å². The van der Waals surface area contributed by atoms with Crippen LogP contribution < -0.4 is 15.8 Å². The van der Waals surface area contributed by atoms with E-state index < -0.39 is 11.5 Å². The Bertz CT molecular complexity index is 784. The molecule has 1 heterocycles. The molecule has 22 heavy (non-hydrogen) atoms. The minimum atomic E-state index is -0.449. The summed E-state index contributed by atoms with van der Waals surface area (Å²) >= 11 is 6.13. The molecule has 7 heteroatoms. The fourth-order valence-electron chi connectivity index (χ4n) is 1.98. The van der Waals surface area contributed by atoms with Gasteiger partial charge >= 0.3 is 0 Å². The van der Waals surface area contributed by atoms with Crippen molar-refractivity contribution in [2.45, 2.75) is 13.8 Å². The van der Waals surface area contributed by atoms with E-state index in [2.05, 4.69) is 15.3 Å². The van der Waals surface area contributed by atoms with E-state index in [0.29, 0.717) is 16.4 Å². The Morgan fingerprint density at radius 1 is 1.27 bits per heavy atom. The maximum atomic E-state index is 12.4. The van der Waals surface area contributed by atoms with E-state index in [0.717, 1.165) is 11.1 Å². The fraction of sp³-hybridized carbons (Fsp3) is 0.267. The lowest BCUT2D eigenvalue weighted by molar-refractivity contribution is 0.102. The molecule has 1 aromatic carbocycles. The first-order chi connectivity index (χ1) is 10.3. The molecule has 0 fully saturated rings. The zero-order valence-corrected chi connectivity index (χ0v) is 13.6. The van der Waals surface area contributed by atoms with Gasteiger partial charge in [-0.1, -0.05) is 11.6 Å². The second-order valence-electron chi connectivity index (χ2n) is 5.20. The fourth-order valence-corrected chi connectivity index (χ4v) is 2.28. The molecule has 6 nitrogen and oxygen atoms in total. The van der Waals surface area contributed by atoms with Gasteiger partial charge in [0.25, 0.3) is 11.5 Å². The zero-order chi connectivity index (χ0) is 16.4. The highest BCUT2D eigenvalue weighted by Crippen LogP contribution is 2.23. The number of hydrogen-bond acceptors (Lipinski definition) is 4. The molecule has 0 spiro atoms. The molecule has 0 radical (unpaired) electrons. The SMILES string of the molecule is Cc1cc(Cl)c(C(=O)Nc2c(N(C)C)nc[nH]c2=O)cc1C. The Morgan fingerprint density at radius 3 is 2.55 bits per heavy atom. The van der Waals surface area contributed by atoms with E-state index in [4.69, 9.17) is 11.6 Å². The maximum absolute atomic E-state index is 12.4. The van der Waals surface area contributed by atoms with Crippen molar-refractivity contribution >= 4 is 29.0 Å². The number of carbonyl (C=O) groups is 1. The van der Waals surface area contributed by atoms with E-state index in [9.17, 15) is 9.59 Å². The van der Waals surface area contributed by atoms with Gasteiger partial charge < -0.3 is 15.2 Å². The molecular weight excluding hydrogens is 304 g/mol. The van der Waals surface area contributed by atoms with E-state index in [-0.39, 0.29) is 5.69 Å².